The summed E-state index contributed by atoms with van der Waals surface area (Å²) in [6.07, 6.45) is 1.96. The van der Waals surface area contributed by atoms with Crippen molar-refractivity contribution in [2.45, 2.75) is 18.9 Å². The molecule has 14 heavy (non-hydrogen) atoms. The third-order valence-corrected chi connectivity index (χ3v) is 3.22. The zero-order valence-corrected chi connectivity index (χ0v) is 9.07. The largest absolute Gasteiger partial charge is 0.326 e. The summed E-state index contributed by atoms with van der Waals surface area (Å²) in [5, 5.41) is 4.26. The molecule has 1 aromatic rings. The van der Waals surface area contributed by atoms with Crippen LogP contribution in [0.3, 0.4) is 0 Å². The lowest BCUT2D eigenvalue weighted by Crippen LogP contribution is -2.28. The molecule has 1 aliphatic rings. The fourth-order valence-corrected chi connectivity index (χ4v) is 2.24. The molecule has 0 amide bonds. The van der Waals surface area contributed by atoms with Gasteiger partial charge in [-0.1, -0.05) is 0 Å². The van der Waals surface area contributed by atoms with Crippen LogP contribution >= 0.6 is 0 Å². The van der Waals surface area contributed by atoms with Gasteiger partial charge in [-0.25, -0.2) is 0 Å². The van der Waals surface area contributed by atoms with Crippen molar-refractivity contribution in [3.05, 3.63) is 17.5 Å². The summed E-state index contributed by atoms with van der Waals surface area (Å²) >= 11 is 0. The molecule has 2 N–H and O–H groups in total. The van der Waals surface area contributed by atoms with Crippen LogP contribution in [0, 0.1) is 6.92 Å². The van der Waals surface area contributed by atoms with E-state index >= 15 is 0 Å². The lowest BCUT2D eigenvalue weighted by Gasteiger charge is -2.13. The van der Waals surface area contributed by atoms with E-state index in [9.17, 15) is 0 Å². The van der Waals surface area contributed by atoms with Crippen LogP contribution in [0.4, 0.5) is 0 Å². The van der Waals surface area contributed by atoms with Crippen molar-refractivity contribution in [3.63, 3.8) is 0 Å². The maximum absolute atomic E-state index is 6.10. The molecule has 4 nitrogen and oxygen atoms in total. The summed E-state index contributed by atoms with van der Waals surface area (Å²) in [5.74, 6) is 0.452. The minimum Gasteiger partial charge on any atom is -0.326 e. The van der Waals surface area contributed by atoms with Gasteiger partial charge in [-0.15, -0.1) is 0 Å². The summed E-state index contributed by atoms with van der Waals surface area (Å²) in [7, 11) is 4.09. The van der Waals surface area contributed by atoms with Crippen molar-refractivity contribution < 1.29 is 0 Å². The van der Waals surface area contributed by atoms with Crippen LogP contribution in [-0.2, 0) is 7.05 Å². The second-order valence-corrected chi connectivity index (χ2v) is 4.30. The monoisotopic (exact) mass is 194 g/mol. The Labute approximate surface area is 84.7 Å². The molecule has 2 heterocycles. The Morgan fingerprint density at radius 1 is 1.43 bits per heavy atom. The molecule has 0 bridgehead atoms. The van der Waals surface area contributed by atoms with Gasteiger partial charge in [-0.2, -0.15) is 5.10 Å². The molecule has 2 unspecified atom stereocenters. The highest BCUT2D eigenvalue weighted by atomic mass is 15.3. The number of aryl methyl sites for hydroxylation is 1. The van der Waals surface area contributed by atoms with Gasteiger partial charge in [-0.3, -0.25) is 4.68 Å². The molecule has 0 radical (unpaired) electrons. The minimum atomic E-state index is 0.253. The standard InChI is InChI=1S/C10H18N4/c1-7-8(4-12-14(7)3)9-5-13(2)6-10(9)11/h4,9-10H,5-6,11H2,1-3H3. The van der Waals surface area contributed by atoms with Crippen molar-refractivity contribution in [1.29, 1.82) is 0 Å². The van der Waals surface area contributed by atoms with Gasteiger partial charge in [0.2, 0.25) is 0 Å². The van der Waals surface area contributed by atoms with Gasteiger partial charge >= 0.3 is 0 Å². The average Bonchev–Trinajstić information content (AvgIpc) is 2.59. The first-order chi connectivity index (χ1) is 6.59. The first kappa shape index (κ1) is 9.68. The summed E-state index contributed by atoms with van der Waals surface area (Å²) < 4.78 is 1.92. The first-order valence-electron chi connectivity index (χ1n) is 5.02. The number of likely N-dealkylation sites (N-methyl/N-ethyl adjacent to an activating group) is 1. The highest BCUT2D eigenvalue weighted by Crippen LogP contribution is 2.27. The van der Waals surface area contributed by atoms with Crippen LogP contribution in [0.2, 0.25) is 0 Å². The van der Waals surface area contributed by atoms with E-state index in [1.54, 1.807) is 0 Å². The molecule has 0 aromatic carbocycles. The Hall–Kier alpha value is -0.870. The second-order valence-electron chi connectivity index (χ2n) is 4.30. The van der Waals surface area contributed by atoms with E-state index in [0.29, 0.717) is 5.92 Å². The Kier molecular flexibility index (Phi) is 2.33. The third-order valence-electron chi connectivity index (χ3n) is 3.22. The summed E-state index contributed by atoms with van der Waals surface area (Å²) in [6, 6.07) is 0.253. The van der Waals surface area contributed by atoms with E-state index in [2.05, 4.69) is 24.0 Å². The minimum absolute atomic E-state index is 0.253. The van der Waals surface area contributed by atoms with Gasteiger partial charge in [0.1, 0.15) is 0 Å². The van der Waals surface area contributed by atoms with Gasteiger partial charge in [-0.05, 0) is 19.5 Å². The predicted molar refractivity (Wildman–Crippen MR) is 56.2 cm³/mol. The highest BCUT2D eigenvalue weighted by Gasteiger charge is 2.31. The van der Waals surface area contributed by atoms with Crippen molar-refractivity contribution in [3.8, 4) is 0 Å². The van der Waals surface area contributed by atoms with Crippen LogP contribution in [-0.4, -0.2) is 40.9 Å². The normalized spacial score (nSPS) is 28.6. The van der Waals surface area contributed by atoms with Crippen molar-refractivity contribution >= 4 is 0 Å². The predicted octanol–water partition coefficient (Wildman–Crippen LogP) is 0.0848. The summed E-state index contributed by atoms with van der Waals surface area (Å²) in [5.41, 5.74) is 8.65. The van der Waals surface area contributed by atoms with E-state index in [-0.39, 0.29) is 6.04 Å². The van der Waals surface area contributed by atoms with Crippen LogP contribution < -0.4 is 5.73 Å². The number of nitrogens with zero attached hydrogens (tertiary/aromatic N) is 3. The number of likely N-dealkylation sites (tertiary alicyclic amines) is 1. The van der Waals surface area contributed by atoms with Crippen molar-refractivity contribution in [2.75, 3.05) is 20.1 Å². The summed E-state index contributed by atoms with van der Waals surface area (Å²) in [4.78, 5) is 2.28. The quantitative estimate of drug-likeness (QED) is 0.689. The van der Waals surface area contributed by atoms with Crippen LogP contribution in [0.25, 0.3) is 0 Å². The Bertz CT molecular complexity index is 331. The van der Waals surface area contributed by atoms with Gasteiger partial charge in [0, 0.05) is 37.8 Å². The Balaban J connectivity index is 2.27. The zero-order valence-electron chi connectivity index (χ0n) is 9.07. The molecule has 1 fully saturated rings. The second kappa shape index (κ2) is 3.37. The lowest BCUT2D eigenvalue weighted by atomic mass is 9.96. The molecule has 0 spiro atoms. The molecule has 2 atom stereocenters. The number of nitrogens with two attached hydrogens (primary N) is 1. The first-order valence-corrected chi connectivity index (χ1v) is 5.02. The fourth-order valence-electron chi connectivity index (χ4n) is 2.24. The van der Waals surface area contributed by atoms with Crippen molar-refractivity contribution in [1.82, 2.24) is 14.7 Å². The molecular formula is C10H18N4. The van der Waals surface area contributed by atoms with Gasteiger partial charge in [0.05, 0.1) is 6.20 Å². The number of aromatic nitrogens is 2. The topological polar surface area (TPSA) is 47.1 Å². The van der Waals surface area contributed by atoms with E-state index in [1.165, 1.54) is 11.3 Å². The maximum Gasteiger partial charge on any atom is 0.0528 e. The highest BCUT2D eigenvalue weighted by molar-refractivity contribution is 5.25. The fraction of sp³-hybridized carbons (Fsp3) is 0.700. The SMILES string of the molecule is Cc1c(C2CN(C)CC2N)cnn1C. The molecule has 78 valence electrons. The molecule has 1 saturated heterocycles. The Morgan fingerprint density at radius 2 is 2.14 bits per heavy atom. The number of hydrogen-bond donors (Lipinski definition) is 1. The van der Waals surface area contributed by atoms with Crippen LogP contribution in [0.1, 0.15) is 17.2 Å². The summed E-state index contributed by atoms with van der Waals surface area (Å²) in [6.45, 7) is 4.14. The third kappa shape index (κ3) is 1.44. The van der Waals surface area contributed by atoms with E-state index < -0.39 is 0 Å². The van der Waals surface area contributed by atoms with Crippen LogP contribution in [0.5, 0.6) is 0 Å². The van der Waals surface area contributed by atoms with Gasteiger partial charge in [0.15, 0.2) is 0 Å². The lowest BCUT2D eigenvalue weighted by molar-refractivity contribution is 0.407. The van der Waals surface area contributed by atoms with E-state index in [0.717, 1.165) is 13.1 Å². The molecule has 1 aromatic heterocycles. The molecule has 0 saturated carbocycles. The molecule has 4 heteroatoms. The van der Waals surface area contributed by atoms with Gasteiger partial charge in [0.25, 0.3) is 0 Å². The van der Waals surface area contributed by atoms with Crippen molar-refractivity contribution in [2.24, 2.45) is 12.8 Å². The molecule has 2 rings (SSSR count). The van der Waals surface area contributed by atoms with E-state index in [4.69, 9.17) is 5.73 Å². The van der Waals surface area contributed by atoms with Crippen LogP contribution in [0.15, 0.2) is 6.20 Å². The van der Waals surface area contributed by atoms with Gasteiger partial charge < -0.3 is 10.6 Å². The zero-order chi connectivity index (χ0) is 10.3. The maximum atomic E-state index is 6.10. The Morgan fingerprint density at radius 3 is 2.57 bits per heavy atom. The molecular weight excluding hydrogens is 176 g/mol. The molecule has 0 aliphatic carbocycles. The number of rotatable bonds is 1. The average molecular weight is 194 g/mol. The number of hydrogen-bond acceptors (Lipinski definition) is 3. The van der Waals surface area contributed by atoms with E-state index in [1.807, 2.05) is 17.9 Å². The smallest absolute Gasteiger partial charge is 0.0528 e. The molecule has 1 aliphatic heterocycles.